The molecule has 0 unspecified atom stereocenters. The first-order valence-corrected chi connectivity index (χ1v) is 10.2. The largest absolute Gasteiger partial charge is 0.494 e. The molecule has 0 saturated heterocycles. The number of methoxy groups -OCH3 is 1. The number of nitrogens with zero attached hydrogens (tertiary/aromatic N) is 1. The lowest BCUT2D eigenvalue weighted by Gasteiger charge is -2.08. The van der Waals surface area contributed by atoms with Crippen LogP contribution in [0.4, 0.5) is 0 Å². The molecule has 0 aliphatic heterocycles. The highest BCUT2D eigenvalue weighted by atomic mass is 16.5. The molecular formula is C25H26N2O4. The molecule has 0 atom stereocenters. The van der Waals surface area contributed by atoms with E-state index in [0.717, 1.165) is 28.1 Å². The lowest BCUT2D eigenvalue weighted by Crippen LogP contribution is -2.24. The Kier molecular flexibility index (Phi) is 8.17. The summed E-state index contributed by atoms with van der Waals surface area (Å²) in [5.41, 5.74) is 3.76. The quantitative estimate of drug-likeness (QED) is 0.399. The lowest BCUT2D eigenvalue weighted by atomic mass is 10.1. The molecule has 31 heavy (non-hydrogen) atoms. The van der Waals surface area contributed by atoms with Gasteiger partial charge in [0.15, 0.2) is 0 Å². The molecule has 0 bridgehead atoms. The van der Waals surface area contributed by atoms with Gasteiger partial charge in [0.2, 0.25) is 5.91 Å². The average molecular weight is 418 g/mol. The van der Waals surface area contributed by atoms with Crippen LogP contribution in [0.15, 0.2) is 72.9 Å². The molecule has 6 heteroatoms. The van der Waals surface area contributed by atoms with Gasteiger partial charge < -0.3 is 14.8 Å². The van der Waals surface area contributed by atoms with Gasteiger partial charge in [-0.1, -0.05) is 48.5 Å². The molecule has 0 spiro atoms. The Morgan fingerprint density at radius 2 is 1.68 bits per heavy atom. The minimum absolute atomic E-state index is 0.0576. The van der Waals surface area contributed by atoms with Crippen LogP contribution in [-0.4, -0.2) is 30.6 Å². The monoisotopic (exact) mass is 418 g/mol. The van der Waals surface area contributed by atoms with Crippen molar-refractivity contribution in [2.45, 2.75) is 25.8 Å². The van der Waals surface area contributed by atoms with Crippen LogP contribution < -0.4 is 10.1 Å². The van der Waals surface area contributed by atoms with Crippen molar-refractivity contribution in [2.24, 2.45) is 0 Å². The first kappa shape index (κ1) is 22.0. The maximum Gasteiger partial charge on any atom is 0.305 e. The molecule has 3 aromatic rings. The van der Waals surface area contributed by atoms with Gasteiger partial charge in [-0.3, -0.25) is 14.6 Å². The standard InChI is InChI=1S/C25H26N2O4/c1-30-25(29)8-5-15-31-23-13-10-20(11-14-23)21-9-12-22(26-18-21)16-24(28)27-17-19-6-3-2-4-7-19/h2-4,6-7,9-14,18H,5,8,15-17H2,1H3,(H,27,28). The molecule has 3 rings (SSSR count). The van der Waals surface area contributed by atoms with Crippen LogP contribution in [0.5, 0.6) is 5.75 Å². The van der Waals surface area contributed by atoms with Crippen LogP contribution in [0.2, 0.25) is 0 Å². The van der Waals surface area contributed by atoms with Gasteiger partial charge in [-0.15, -0.1) is 0 Å². The van der Waals surface area contributed by atoms with Crippen molar-refractivity contribution in [2.75, 3.05) is 13.7 Å². The summed E-state index contributed by atoms with van der Waals surface area (Å²) in [5.74, 6) is 0.453. The lowest BCUT2D eigenvalue weighted by molar-refractivity contribution is -0.140. The van der Waals surface area contributed by atoms with E-state index in [1.165, 1.54) is 7.11 Å². The Labute approximate surface area is 182 Å². The summed E-state index contributed by atoms with van der Waals surface area (Å²) < 4.78 is 10.2. The van der Waals surface area contributed by atoms with E-state index in [1.54, 1.807) is 6.20 Å². The van der Waals surface area contributed by atoms with Crippen molar-refractivity contribution in [1.29, 1.82) is 0 Å². The number of carbonyl (C=O) groups is 2. The molecular weight excluding hydrogens is 392 g/mol. The van der Waals surface area contributed by atoms with Crippen molar-refractivity contribution in [1.82, 2.24) is 10.3 Å². The number of ether oxygens (including phenoxy) is 2. The van der Waals surface area contributed by atoms with Gasteiger partial charge in [0, 0.05) is 30.4 Å². The summed E-state index contributed by atoms with van der Waals surface area (Å²) in [5, 5.41) is 2.91. The first-order valence-electron chi connectivity index (χ1n) is 10.2. The summed E-state index contributed by atoms with van der Waals surface area (Å²) in [6.07, 6.45) is 2.97. The number of hydrogen-bond acceptors (Lipinski definition) is 5. The summed E-state index contributed by atoms with van der Waals surface area (Å²) in [6.45, 7) is 0.964. The summed E-state index contributed by atoms with van der Waals surface area (Å²) in [7, 11) is 1.38. The first-order chi connectivity index (χ1) is 15.1. The van der Waals surface area contributed by atoms with Crippen LogP contribution in [0.25, 0.3) is 11.1 Å². The number of pyridine rings is 1. The van der Waals surface area contributed by atoms with E-state index in [9.17, 15) is 9.59 Å². The maximum absolute atomic E-state index is 12.2. The van der Waals surface area contributed by atoms with Crippen molar-refractivity contribution >= 4 is 11.9 Å². The summed E-state index contributed by atoms with van der Waals surface area (Å²) >= 11 is 0. The predicted octanol–water partition coefficient (Wildman–Crippen LogP) is 3.94. The minimum Gasteiger partial charge on any atom is -0.494 e. The maximum atomic E-state index is 12.2. The molecule has 0 aliphatic rings. The molecule has 1 heterocycles. The number of hydrogen-bond donors (Lipinski definition) is 1. The highest BCUT2D eigenvalue weighted by molar-refractivity contribution is 5.78. The SMILES string of the molecule is COC(=O)CCCOc1ccc(-c2ccc(CC(=O)NCc3ccccc3)nc2)cc1. The molecule has 1 amide bonds. The number of carbonyl (C=O) groups excluding carboxylic acids is 2. The third-order valence-electron chi connectivity index (χ3n) is 4.71. The molecule has 2 aromatic carbocycles. The van der Waals surface area contributed by atoms with Crippen LogP contribution in [0, 0.1) is 0 Å². The van der Waals surface area contributed by atoms with E-state index < -0.39 is 0 Å². The second kappa shape index (κ2) is 11.5. The van der Waals surface area contributed by atoms with Crippen LogP contribution >= 0.6 is 0 Å². The van der Waals surface area contributed by atoms with Gasteiger partial charge in [-0.2, -0.15) is 0 Å². The Hall–Kier alpha value is -3.67. The highest BCUT2D eigenvalue weighted by Crippen LogP contribution is 2.22. The third kappa shape index (κ3) is 7.26. The molecule has 1 aromatic heterocycles. The zero-order valence-corrected chi connectivity index (χ0v) is 17.5. The van der Waals surface area contributed by atoms with Gasteiger partial charge in [0.25, 0.3) is 0 Å². The summed E-state index contributed by atoms with van der Waals surface area (Å²) in [6, 6.07) is 21.3. The fourth-order valence-electron chi connectivity index (χ4n) is 2.98. The van der Waals surface area contributed by atoms with E-state index in [0.29, 0.717) is 26.0 Å². The van der Waals surface area contributed by atoms with Gasteiger partial charge >= 0.3 is 5.97 Å². The number of nitrogens with one attached hydrogen (secondary N) is 1. The van der Waals surface area contributed by atoms with Crippen molar-refractivity contribution < 1.29 is 19.1 Å². The Balaban J connectivity index is 1.46. The third-order valence-corrected chi connectivity index (χ3v) is 4.71. The van der Waals surface area contributed by atoms with Crippen molar-refractivity contribution in [3.63, 3.8) is 0 Å². The number of rotatable bonds is 10. The molecule has 0 fully saturated rings. The van der Waals surface area contributed by atoms with E-state index >= 15 is 0 Å². The van der Waals surface area contributed by atoms with Crippen LogP contribution in [-0.2, 0) is 27.3 Å². The second-order valence-electron chi connectivity index (χ2n) is 7.03. The van der Waals surface area contributed by atoms with E-state index in [-0.39, 0.29) is 18.3 Å². The molecule has 160 valence electrons. The normalized spacial score (nSPS) is 10.4. The minimum atomic E-state index is -0.233. The number of esters is 1. The topological polar surface area (TPSA) is 77.5 Å². The number of aromatic nitrogens is 1. The van der Waals surface area contributed by atoms with E-state index in [4.69, 9.17) is 4.74 Å². The average Bonchev–Trinajstić information content (AvgIpc) is 2.82. The molecule has 0 saturated carbocycles. The van der Waals surface area contributed by atoms with E-state index in [1.807, 2.05) is 66.7 Å². The van der Waals surface area contributed by atoms with Crippen LogP contribution in [0.3, 0.4) is 0 Å². The van der Waals surface area contributed by atoms with Gasteiger partial charge in [-0.25, -0.2) is 0 Å². The predicted molar refractivity (Wildman–Crippen MR) is 118 cm³/mol. The number of benzene rings is 2. The second-order valence-corrected chi connectivity index (χ2v) is 7.03. The summed E-state index contributed by atoms with van der Waals surface area (Å²) in [4.78, 5) is 27.7. The highest BCUT2D eigenvalue weighted by Gasteiger charge is 2.06. The molecule has 0 radical (unpaired) electrons. The fourth-order valence-corrected chi connectivity index (χ4v) is 2.98. The zero-order valence-electron chi connectivity index (χ0n) is 17.5. The number of amides is 1. The van der Waals surface area contributed by atoms with Gasteiger partial charge in [-0.05, 0) is 35.7 Å². The van der Waals surface area contributed by atoms with Crippen molar-refractivity contribution in [3.05, 3.63) is 84.2 Å². The van der Waals surface area contributed by atoms with Gasteiger partial charge in [0.1, 0.15) is 5.75 Å². The Bertz CT molecular complexity index is 971. The Morgan fingerprint density at radius 3 is 2.35 bits per heavy atom. The molecule has 1 N–H and O–H groups in total. The van der Waals surface area contributed by atoms with Gasteiger partial charge in [0.05, 0.1) is 20.1 Å². The Morgan fingerprint density at radius 1 is 0.935 bits per heavy atom. The smallest absolute Gasteiger partial charge is 0.305 e. The van der Waals surface area contributed by atoms with Crippen LogP contribution in [0.1, 0.15) is 24.1 Å². The van der Waals surface area contributed by atoms with E-state index in [2.05, 4.69) is 15.0 Å². The van der Waals surface area contributed by atoms with Crippen molar-refractivity contribution in [3.8, 4) is 16.9 Å². The molecule has 0 aliphatic carbocycles. The zero-order chi connectivity index (χ0) is 21.9. The molecule has 6 nitrogen and oxygen atoms in total. The fraction of sp³-hybridized carbons (Fsp3) is 0.240.